The third-order valence-corrected chi connectivity index (χ3v) is 7.03. The molecule has 0 aliphatic rings. The van der Waals surface area contributed by atoms with E-state index >= 15 is 0 Å². The molecule has 4 aromatic rings. The van der Waals surface area contributed by atoms with Gasteiger partial charge in [0.1, 0.15) is 5.69 Å². The number of hydrogen-bond donors (Lipinski definition) is 1. The Morgan fingerprint density at radius 1 is 1.07 bits per heavy atom. The first-order valence-electron chi connectivity index (χ1n) is 9.49. The van der Waals surface area contributed by atoms with Crippen LogP contribution in [0.25, 0.3) is 21.7 Å². The van der Waals surface area contributed by atoms with E-state index in [4.69, 9.17) is 5.41 Å². The third kappa shape index (κ3) is 3.44. The first-order valence-corrected chi connectivity index (χ1v) is 10.9. The van der Waals surface area contributed by atoms with Crippen LogP contribution >= 0.6 is 0 Å². The van der Waals surface area contributed by atoms with Crippen molar-refractivity contribution in [3.8, 4) is 0 Å². The van der Waals surface area contributed by atoms with E-state index in [1.807, 2.05) is 50.5 Å². The van der Waals surface area contributed by atoms with Crippen molar-refractivity contribution < 1.29 is 13.5 Å². The van der Waals surface area contributed by atoms with Crippen LogP contribution in [0.15, 0.2) is 71.8 Å². The minimum Gasteiger partial charge on any atom is -0.862 e. The van der Waals surface area contributed by atoms with Crippen LogP contribution in [0.2, 0.25) is 0 Å². The van der Waals surface area contributed by atoms with E-state index in [2.05, 4.69) is 5.10 Å². The van der Waals surface area contributed by atoms with Gasteiger partial charge in [0.05, 0.1) is 37.2 Å². The van der Waals surface area contributed by atoms with Gasteiger partial charge in [0, 0.05) is 29.3 Å². The van der Waals surface area contributed by atoms with Crippen LogP contribution in [0, 0.1) is 5.41 Å². The van der Waals surface area contributed by atoms with Crippen LogP contribution in [-0.4, -0.2) is 44.1 Å². The van der Waals surface area contributed by atoms with Crippen molar-refractivity contribution in [1.82, 2.24) is 13.7 Å². The largest absolute Gasteiger partial charge is 0.862 e. The molecule has 0 radical (unpaired) electrons. The predicted molar refractivity (Wildman–Crippen MR) is 117 cm³/mol. The highest BCUT2D eigenvalue weighted by molar-refractivity contribution is 7.90. The van der Waals surface area contributed by atoms with Gasteiger partial charge in [-0.2, -0.15) is 17.6 Å². The van der Waals surface area contributed by atoms with E-state index in [1.165, 1.54) is 6.20 Å². The number of nitrogens with zero attached hydrogens (tertiary/aromatic N) is 3. The van der Waals surface area contributed by atoms with Gasteiger partial charge >= 0.3 is 0 Å². The molecule has 8 heteroatoms. The van der Waals surface area contributed by atoms with Crippen LogP contribution in [0.1, 0.15) is 6.42 Å². The zero-order chi connectivity index (χ0) is 21.5. The molecule has 0 saturated heterocycles. The molecule has 0 aliphatic heterocycles. The SMILES string of the molecule is C[N+](C)(CCC(=N)[O-])c1ccc2c(cnn2S(=O)(=O)c2cccc3ccccc23)c1. The summed E-state index contributed by atoms with van der Waals surface area (Å²) in [5, 5.41) is 24.6. The fraction of sp³-hybridized carbons (Fsp3) is 0.182. The quantitative estimate of drug-likeness (QED) is 0.293. The van der Waals surface area contributed by atoms with Gasteiger partial charge < -0.3 is 10.5 Å². The monoisotopic (exact) mass is 422 g/mol. The molecule has 1 aromatic heterocycles. The average Bonchev–Trinajstić information content (AvgIpc) is 3.16. The molecule has 154 valence electrons. The summed E-state index contributed by atoms with van der Waals surface area (Å²) in [5.41, 5.74) is 1.40. The van der Waals surface area contributed by atoms with Crippen LogP contribution in [-0.2, 0) is 10.0 Å². The van der Waals surface area contributed by atoms with Crippen molar-refractivity contribution in [2.24, 2.45) is 0 Å². The standard InChI is InChI=1S/C22H22N4O3S/c1-26(2,13-12-22(23)27)18-10-11-20-17(14-18)15-24-25(20)30(28,29)21-9-5-7-16-6-3-4-8-19(16)21/h3-11,14-15H,12-13H2,1-2H3,(H-,23,27). The van der Waals surface area contributed by atoms with E-state index in [1.54, 1.807) is 24.3 Å². The molecular formula is C22H22N4O3S. The second-order valence-electron chi connectivity index (χ2n) is 7.79. The highest BCUT2D eigenvalue weighted by Gasteiger charge is 2.25. The smallest absolute Gasteiger partial charge is 0.284 e. The molecule has 0 fully saturated rings. The Morgan fingerprint density at radius 3 is 2.57 bits per heavy atom. The summed E-state index contributed by atoms with van der Waals surface area (Å²) in [6.45, 7) is 0.482. The Kier molecular flexibility index (Phi) is 4.83. The number of fused-ring (bicyclic) bond motifs is 2. The highest BCUT2D eigenvalue weighted by atomic mass is 32.2. The van der Waals surface area contributed by atoms with Gasteiger partial charge in [-0.15, -0.1) is 0 Å². The normalized spacial score (nSPS) is 12.5. The maximum atomic E-state index is 13.4. The van der Waals surface area contributed by atoms with Gasteiger partial charge in [-0.25, -0.2) is 0 Å². The molecule has 7 nitrogen and oxygen atoms in total. The third-order valence-electron chi connectivity index (χ3n) is 5.37. The number of benzene rings is 3. The van der Waals surface area contributed by atoms with E-state index in [0.29, 0.717) is 27.3 Å². The molecular weight excluding hydrogens is 400 g/mol. The second kappa shape index (κ2) is 7.23. The summed E-state index contributed by atoms with van der Waals surface area (Å²) in [4.78, 5) is 0.208. The topological polar surface area (TPSA) is 98.9 Å². The average molecular weight is 423 g/mol. The van der Waals surface area contributed by atoms with Gasteiger partial charge in [0.25, 0.3) is 10.0 Å². The van der Waals surface area contributed by atoms with Crippen molar-refractivity contribution in [1.29, 1.82) is 5.41 Å². The van der Waals surface area contributed by atoms with E-state index in [9.17, 15) is 13.5 Å². The Balaban J connectivity index is 1.79. The van der Waals surface area contributed by atoms with Crippen LogP contribution in [0.3, 0.4) is 0 Å². The van der Waals surface area contributed by atoms with Gasteiger partial charge in [-0.05, 0) is 23.4 Å². The summed E-state index contributed by atoms with van der Waals surface area (Å²) in [7, 11) is 0.00400. The summed E-state index contributed by atoms with van der Waals surface area (Å²) in [5.74, 6) is -0.601. The lowest BCUT2D eigenvalue weighted by Gasteiger charge is -2.30. The van der Waals surface area contributed by atoms with Crippen molar-refractivity contribution in [2.45, 2.75) is 11.3 Å². The molecule has 0 amide bonds. The van der Waals surface area contributed by atoms with Gasteiger partial charge in [-0.3, -0.25) is 4.48 Å². The molecule has 3 aromatic carbocycles. The zero-order valence-electron chi connectivity index (χ0n) is 16.7. The summed E-state index contributed by atoms with van der Waals surface area (Å²) in [6, 6.07) is 18.0. The summed E-state index contributed by atoms with van der Waals surface area (Å²) >= 11 is 0. The molecule has 0 aliphatic carbocycles. The molecule has 0 bridgehead atoms. The second-order valence-corrected chi connectivity index (χ2v) is 9.53. The molecule has 0 unspecified atom stereocenters. The van der Waals surface area contributed by atoms with Crippen LogP contribution in [0.5, 0.6) is 0 Å². The Bertz CT molecular complexity index is 1370. The first-order chi connectivity index (χ1) is 14.2. The van der Waals surface area contributed by atoms with Crippen molar-refractivity contribution in [3.05, 3.63) is 66.9 Å². The fourth-order valence-electron chi connectivity index (χ4n) is 3.59. The molecule has 30 heavy (non-hydrogen) atoms. The van der Waals surface area contributed by atoms with E-state index in [-0.39, 0.29) is 11.3 Å². The van der Waals surface area contributed by atoms with Gasteiger partial charge in [0.2, 0.25) is 0 Å². The highest BCUT2D eigenvalue weighted by Crippen LogP contribution is 2.29. The van der Waals surface area contributed by atoms with Gasteiger partial charge in [-0.1, -0.05) is 36.4 Å². The Morgan fingerprint density at radius 2 is 1.80 bits per heavy atom. The fourth-order valence-corrected chi connectivity index (χ4v) is 5.09. The number of hydrogen-bond acceptors (Lipinski definition) is 5. The molecule has 0 atom stereocenters. The Hall–Kier alpha value is -3.23. The van der Waals surface area contributed by atoms with E-state index in [0.717, 1.165) is 15.2 Å². The molecule has 4 rings (SSSR count). The summed E-state index contributed by atoms with van der Waals surface area (Å²) < 4.78 is 28.3. The van der Waals surface area contributed by atoms with Gasteiger partial charge in [0.15, 0.2) is 0 Å². The van der Waals surface area contributed by atoms with Crippen molar-refractivity contribution in [2.75, 3.05) is 20.6 Å². The lowest BCUT2D eigenvalue weighted by Crippen LogP contribution is -2.43. The van der Waals surface area contributed by atoms with Crippen LogP contribution < -0.4 is 9.59 Å². The lowest BCUT2D eigenvalue weighted by molar-refractivity contribution is -0.220. The number of quaternary nitrogens is 1. The lowest BCUT2D eigenvalue weighted by atomic mass is 10.1. The summed E-state index contributed by atoms with van der Waals surface area (Å²) in [6.07, 6.45) is 1.69. The van der Waals surface area contributed by atoms with Crippen molar-refractivity contribution >= 4 is 43.3 Å². The maximum Gasteiger partial charge on any atom is 0.284 e. The van der Waals surface area contributed by atoms with E-state index < -0.39 is 15.9 Å². The number of rotatable bonds is 6. The molecule has 1 heterocycles. The maximum absolute atomic E-state index is 13.4. The van der Waals surface area contributed by atoms with Crippen LogP contribution in [0.4, 0.5) is 5.69 Å². The van der Waals surface area contributed by atoms with Crippen molar-refractivity contribution in [3.63, 3.8) is 0 Å². The molecule has 0 spiro atoms. The minimum atomic E-state index is -3.89. The molecule has 0 saturated carbocycles. The number of nitrogens with one attached hydrogen (secondary N) is 1. The zero-order valence-corrected chi connectivity index (χ0v) is 17.6. The molecule has 1 N–H and O–H groups in total. The predicted octanol–water partition coefficient (Wildman–Crippen LogP) is 2.72. The minimum absolute atomic E-state index is 0.153. The number of aromatic nitrogens is 2. The Labute approximate surface area is 174 Å². The first kappa shape index (κ1) is 20.1.